The second kappa shape index (κ2) is 6.80. The molecule has 0 aliphatic rings. The number of rotatable bonds is 5. The number of unbranched alkanes of at least 4 members (excludes halogenated alkanes) is 1. The summed E-state index contributed by atoms with van der Waals surface area (Å²) in [4.78, 5) is 11.8. The Bertz CT molecular complexity index is 628. The van der Waals surface area contributed by atoms with Crippen molar-refractivity contribution >= 4 is 12.6 Å². The van der Waals surface area contributed by atoms with Gasteiger partial charge < -0.3 is 4.57 Å². The molecule has 1 aromatic carbocycles. The lowest BCUT2D eigenvalue weighted by atomic mass is 10.1. The van der Waals surface area contributed by atoms with Gasteiger partial charge >= 0.3 is 0 Å². The van der Waals surface area contributed by atoms with Gasteiger partial charge in [-0.15, -0.1) is 0 Å². The van der Waals surface area contributed by atoms with Crippen LogP contribution in [0, 0.1) is 6.92 Å². The van der Waals surface area contributed by atoms with Crippen LogP contribution in [-0.4, -0.2) is 4.57 Å². The maximum Gasteiger partial charge on any atom is 0.185 e. The molecule has 2 nitrogen and oxygen atoms in total. The lowest BCUT2D eigenvalue weighted by Crippen LogP contribution is -2.13. The van der Waals surface area contributed by atoms with Crippen molar-refractivity contribution < 1.29 is 0 Å². The Hall–Kier alpha value is -1.48. The molecule has 0 spiro atoms. The number of hydrogen-bond donors (Lipinski definition) is 1. The van der Waals surface area contributed by atoms with Gasteiger partial charge in [0, 0.05) is 35.0 Å². The normalized spacial score (nSPS) is 10.8. The molecule has 0 amide bonds. The standard InChI is InChI=1S/C17H21NOS/c1-3-4-5-14-6-8-16(9-7-14)18-11-15(12-20)17(19)10-13(18)2/h6-11,20H,3-5,12H2,1-2H3. The summed E-state index contributed by atoms with van der Waals surface area (Å²) in [5.41, 5.74) is 4.19. The fourth-order valence-electron chi connectivity index (χ4n) is 2.27. The van der Waals surface area contributed by atoms with Crippen LogP contribution < -0.4 is 5.43 Å². The van der Waals surface area contributed by atoms with Crippen LogP contribution in [0.15, 0.2) is 41.3 Å². The molecule has 20 heavy (non-hydrogen) atoms. The maximum absolute atomic E-state index is 11.8. The van der Waals surface area contributed by atoms with E-state index in [-0.39, 0.29) is 5.43 Å². The van der Waals surface area contributed by atoms with Gasteiger partial charge in [0.15, 0.2) is 5.43 Å². The molecule has 0 radical (unpaired) electrons. The number of nitrogens with zero attached hydrogens (tertiary/aromatic N) is 1. The first kappa shape index (κ1) is 14.9. The minimum Gasteiger partial charge on any atom is -0.321 e. The summed E-state index contributed by atoms with van der Waals surface area (Å²) in [6.07, 6.45) is 5.46. The van der Waals surface area contributed by atoms with Crippen LogP contribution in [0.1, 0.15) is 36.6 Å². The number of pyridine rings is 1. The number of aromatic nitrogens is 1. The highest BCUT2D eigenvalue weighted by atomic mass is 32.1. The van der Waals surface area contributed by atoms with E-state index in [1.165, 1.54) is 18.4 Å². The third kappa shape index (κ3) is 3.34. The summed E-state index contributed by atoms with van der Waals surface area (Å²) < 4.78 is 2.05. The largest absolute Gasteiger partial charge is 0.321 e. The molecule has 0 atom stereocenters. The van der Waals surface area contributed by atoms with Crippen LogP contribution in [0.3, 0.4) is 0 Å². The van der Waals surface area contributed by atoms with Crippen molar-refractivity contribution in [1.29, 1.82) is 0 Å². The predicted octanol–water partition coefficient (Wildman–Crippen LogP) is 3.92. The van der Waals surface area contributed by atoms with Gasteiger partial charge in [0.05, 0.1) is 0 Å². The fraction of sp³-hybridized carbons (Fsp3) is 0.353. The van der Waals surface area contributed by atoms with Gasteiger partial charge in [-0.05, 0) is 37.5 Å². The van der Waals surface area contributed by atoms with Crippen molar-refractivity contribution in [3.8, 4) is 5.69 Å². The zero-order valence-electron chi connectivity index (χ0n) is 12.1. The molecule has 2 rings (SSSR count). The van der Waals surface area contributed by atoms with Crippen LogP contribution in [0.4, 0.5) is 0 Å². The lowest BCUT2D eigenvalue weighted by molar-refractivity contribution is 0.794. The third-order valence-electron chi connectivity index (χ3n) is 3.53. The molecule has 0 N–H and O–H groups in total. The second-order valence-electron chi connectivity index (χ2n) is 5.10. The summed E-state index contributed by atoms with van der Waals surface area (Å²) in [7, 11) is 0. The van der Waals surface area contributed by atoms with E-state index in [1.807, 2.05) is 13.1 Å². The molecule has 106 valence electrons. The molecule has 0 saturated heterocycles. The van der Waals surface area contributed by atoms with Crippen molar-refractivity contribution in [2.24, 2.45) is 0 Å². The SMILES string of the molecule is CCCCc1ccc(-n2cc(CS)c(=O)cc2C)cc1. The Morgan fingerprint density at radius 2 is 1.90 bits per heavy atom. The Labute approximate surface area is 125 Å². The number of thiol groups is 1. The average Bonchev–Trinajstić information content (AvgIpc) is 2.46. The smallest absolute Gasteiger partial charge is 0.185 e. The molecule has 2 aromatic rings. The Kier molecular flexibility index (Phi) is 5.07. The summed E-state index contributed by atoms with van der Waals surface area (Å²) in [5, 5.41) is 0. The van der Waals surface area contributed by atoms with Crippen molar-refractivity contribution in [2.75, 3.05) is 0 Å². The summed E-state index contributed by atoms with van der Waals surface area (Å²) in [5.74, 6) is 0.466. The molecule has 0 saturated carbocycles. The van der Waals surface area contributed by atoms with E-state index >= 15 is 0 Å². The van der Waals surface area contributed by atoms with Crippen molar-refractivity contribution in [3.05, 3.63) is 63.6 Å². The van der Waals surface area contributed by atoms with Gasteiger partial charge in [-0.3, -0.25) is 4.79 Å². The van der Waals surface area contributed by atoms with Gasteiger partial charge in [0.2, 0.25) is 0 Å². The zero-order chi connectivity index (χ0) is 14.5. The monoisotopic (exact) mass is 287 g/mol. The molecule has 0 fully saturated rings. The maximum atomic E-state index is 11.8. The van der Waals surface area contributed by atoms with Crippen LogP contribution in [0.5, 0.6) is 0 Å². The highest BCUT2D eigenvalue weighted by Gasteiger charge is 2.04. The lowest BCUT2D eigenvalue weighted by Gasteiger charge is -2.13. The van der Waals surface area contributed by atoms with E-state index in [1.54, 1.807) is 6.07 Å². The predicted molar refractivity (Wildman–Crippen MR) is 88.1 cm³/mol. The quantitative estimate of drug-likeness (QED) is 0.827. The average molecular weight is 287 g/mol. The van der Waals surface area contributed by atoms with E-state index in [4.69, 9.17) is 0 Å². The molecule has 0 aliphatic heterocycles. The topological polar surface area (TPSA) is 22.0 Å². The second-order valence-corrected chi connectivity index (χ2v) is 5.42. The van der Waals surface area contributed by atoms with E-state index in [0.717, 1.165) is 23.4 Å². The van der Waals surface area contributed by atoms with E-state index in [0.29, 0.717) is 5.75 Å². The van der Waals surface area contributed by atoms with E-state index in [9.17, 15) is 4.79 Å². The first-order valence-electron chi connectivity index (χ1n) is 7.08. The van der Waals surface area contributed by atoms with Crippen LogP contribution in [0.25, 0.3) is 5.69 Å². The molecule has 1 aromatic heterocycles. The minimum absolute atomic E-state index is 0.0633. The van der Waals surface area contributed by atoms with Crippen LogP contribution >= 0.6 is 12.6 Å². The van der Waals surface area contributed by atoms with Gasteiger partial charge in [0.25, 0.3) is 0 Å². The Morgan fingerprint density at radius 3 is 2.50 bits per heavy atom. The first-order valence-corrected chi connectivity index (χ1v) is 7.71. The molecular formula is C17H21NOS. The van der Waals surface area contributed by atoms with Crippen LogP contribution in [0.2, 0.25) is 0 Å². The minimum atomic E-state index is 0.0633. The molecular weight excluding hydrogens is 266 g/mol. The van der Waals surface area contributed by atoms with E-state index < -0.39 is 0 Å². The van der Waals surface area contributed by atoms with Gasteiger partial charge in [-0.25, -0.2) is 0 Å². The fourth-order valence-corrected chi connectivity index (χ4v) is 2.51. The number of aryl methyl sites for hydroxylation is 2. The Morgan fingerprint density at radius 1 is 1.20 bits per heavy atom. The number of benzene rings is 1. The molecule has 0 aliphatic carbocycles. The molecule has 1 heterocycles. The van der Waals surface area contributed by atoms with Crippen molar-refractivity contribution in [1.82, 2.24) is 4.57 Å². The highest BCUT2D eigenvalue weighted by molar-refractivity contribution is 7.79. The highest BCUT2D eigenvalue weighted by Crippen LogP contribution is 2.14. The van der Waals surface area contributed by atoms with E-state index in [2.05, 4.69) is 48.4 Å². The molecule has 0 unspecified atom stereocenters. The zero-order valence-corrected chi connectivity index (χ0v) is 13.0. The molecule has 3 heteroatoms. The van der Waals surface area contributed by atoms with Crippen molar-refractivity contribution in [2.45, 2.75) is 38.9 Å². The van der Waals surface area contributed by atoms with Gasteiger partial charge in [-0.1, -0.05) is 25.5 Å². The van der Waals surface area contributed by atoms with Crippen molar-refractivity contribution in [3.63, 3.8) is 0 Å². The summed E-state index contributed by atoms with van der Waals surface area (Å²) >= 11 is 4.22. The third-order valence-corrected chi connectivity index (χ3v) is 3.87. The van der Waals surface area contributed by atoms with Gasteiger partial charge in [0.1, 0.15) is 0 Å². The number of hydrogen-bond acceptors (Lipinski definition) is 2. The first-order chi connectivity index (χ1) is 9.65. The van der Waals surface area contributed by atoms with Crippen LogP contribution in [-0.2, 0) is 12.2 Å². The summed E-state index contributed by atoms with van der Waals surface area (Å²) in [6, 6.07) is 10.2. The summed E-state index contributed by atoms with van der Waals surface area (Å²) in [6.45, 7) is 4.16. The van der Waals surface area contributed by atoms with Gasteiger partial charge in [-0.2, -0.15) is 12.6 Å². The molecule has 0 bridgehead atoms. The Balaban J connectivity index is 2.34.